The van der Waals surface area contributed by atoms with E-state index in [1.165, 1.54) is 0 Å². The van der Waals surface area contributed by atoms with Crippen LogP contribution in [0.25, 0.3) is 0 Å². The second-order valence-electron chi connectivity index (χ2n) is 2.90. The van der Waals surface area contributed by atoms with Gasteiger partial charge in [-0.2, -0.15) is 13.2 Å². The molecule has 0 aliphatic carbocycles. The standard InChI is InChI=1S/C11H9F3S/c1-9-4-6-10(7-5-9)3-2-8-15-11(12,13)14/h4-7H,8H2,1H3. The van der Waals surface area contributed by atoms with Crippen LogP contribution < -0.4 is 0 Å². The second kappa shape index (κ2) is 5.13. The molecule has 4 heteroatoms. The molecule has 15 heavy (non-hydrogen) atoms. The Morgan fingerprint density at radius 3 is 2.33 bits per heavy atom. The SMILES string of the molecule is Cc1ccc(C#CCSC(F)(F)F)cc1. The largest absolute Gasteiger partial charge is 0.442 e. The van der Waals surface area contributed by atoms with Crippen LogP contribution in [0.3, 0.4) is 0 Å². The summed E-state index contributed by atoms with van der Waals surface area (Å²) in [6, 6.07) is 7.34. The van der Waals surface area contributed by atoms with Crippen molar-refractivity contribution >= 4 is 11.8 Å². The lowest BCUT2D eigenvalue weighted by Crippen LogP contribution is -1.99. The Hall–Kier alpha value is -1.08. The minimum atomic E-state index is -4.19. The van der Waals surface area contributed by atoms with Gasteiger partial charge >= 0.3 is 5.51 Å². The van der Waals surface area contributed by atoms with E-state index in [0.717, 1.165) is 11.1 Å². The molecule has 1 rings (SSSR count). The normalized spacial score (nSPS) is 10.7. The summed E-state index contributed by atoms with van der Waals surface area (Å²) >= 11 is -0.118. The van der Waals surface area contributed by atoms with Crippen molar-refractivity contribution in [1.82, 2.24) is 0 Å². The fourth-order valence-electron chi connectivity index (χ4n) is 0.893. The Labute approximate surface area is 90.9 Å². The zero-order valence-electron chi connectivity index (χ0n) is 8.06. The van der Waals surface area contributed by atoms with Crippen molar-refractivity contribution in [3.8, 4) is 11.8 Å². The van der Waals surface area contributed by atoms with Gasteiger partial charge in [-0.3, -0.25) is 0 Å². The number of hydrogen-bond donors (Lipinski definition) is 0. The summed E-state index contributed by atoms with van der Waals surface area (Å²) in [6.07, 6.45) is 0. The summed E-state index contributed by atoms with van der Waals surface area (Å²) < 4.78 is 35.2. The first-order valence-electron chi connectivity index (χ1n) is 4.23. The number of hydrogen-bond acceptors (Lipinski definition) is 1. The highest BCUT2D eigenvalue weighted by molar-refractivity contribution is 8.00. The molecule has 0 nitrogen and oxygen atoms in total. The van der Waals surface area contributed by atoms with Gasteiger partial charge < -0.3 is 0 Å². The van der Waals surface area contributed by atoms with Gasteiger partial charge in [0, 0.05) is 5.56 Å². The van der Waals surface area contributed by atoms with E-state index in [-0.39, 0.29) is 17.5 Å². The lowest BCUT2D eigenvalue weighted by Gasteiger charge is -1.99. The second-order valence-corrected chi connectivity index (χ2v) is 3.94. The van der Waals surface area contributed by atoms with E-state index in [2.05, 4.69) is 11.8 Å². The van der Waals surface area contributed by atoms with Crippen LogP contribution in [0.15, 0.2) is 24.3 Å². The molecule has 0 bridgehead atoms. The molecule has 0 atom stereocenters. The van der Waals surface area contributed by atoms with Gasteiger partial charge in [0.05, 0.1) is 5.75 Å². The number of aryl methyl sites for hydroxylation is 1. The Bertz CT molecular complexity index is 368. The summed E-state index contributed by atoms with van der Waals surface area (Å²) in [5, 5.41) is 0. The zero-order chi connectivity index (χ0) is 11.3. The third-order valence-corrected chi connectivity index (χ3v) is 2.21. The van der Waals surface area contributed by atoms with E-state index in [0.29, 0.717) is 0 Å². The average Bonchev–Trinajstić information content (AvgIpc) is 2.14. The molecule has 0 fully saturated rings. The van der Waals surface area contributed by atoms with E-state index < -0.39 is 5.51 Å². The Kier molecular flexibility index (Phi) is 4.10. The summed E-state index contributed by atoms with van der Waals surface area (Å²) in [6.45, 7) is 1.94. The molecule has 0 saturated heterocycles. The van der Waals surface area contributed by atoms with Crippen LogP contribution in [-0.4, -0.2) is 11.3 Å². The first-order valence-corrected chi connectivity index (χ1v) is 5.22. The van der Waals surface area contributed by atoms with Crippen molar-refractivity contribution in [2.75, 3.05) is 5.75 Å². The number of halogens is 3. The van der Waals surface area contributed by atoms with Crippen molar-refractivity contribution in [1.29, 1.82) is 0 Å². The Morgan fingerprint density at radius 1 is 1.20 bits per heavy atom. The highest BCUT2D eigenvalue weighted by Gasteiger charge is 2.26. The van der Waals surface area contributed by atoms with Crippen molar-refractivity contribution in [2.24, 2.45) is 0 Å². The van der Waals surface area contributed by atoms with Crippen LogP contribution in [0.2, 0.25) is 0 Å². The predicted octanol–water partition coefficient (Wildman–Crippen LogP) is 3.60. The van der Waals surface area contributed by atoms with Crippen LogP contribution in [0.5, 0.6) is 0 Å². The molecular formula is C11H9F3S. The molecule has 1 aromatic rings. The highest BCUT2D eigenvalue weighted by atomic mass is 32.2. The predicted molar refractivity (Wildman–Crippen MR) is 56.6 cm³/mol. The molecule has 0 amide bonds. The van der Waals surface area contributed by atoms with E-state index in [1.807, 2.05) is 19.1 Å². The molecule has 0 spiro atoms. The van der Waals surface area contributed by atoms with Crippen LogP contribution >= 0.6 is 11.8 Å². The van der Waals surface area contributed by atoms with Gasteiger partial charge in [-0.25, -0.2) is 0 Å². The quantitative estimate of drug-likeness (QED) is 0.664. The van der Waals surface area contributed by atoms with Crippen LogP contribution in [-0.2, 0) is 0 Å². The van der Waals surface area contributed by atoms with Crippen molar-refractivity contribution in [2.45, 2.75) is 12.4 Å². The third kappa shape index (κ3) is 5.38. The van der Waals surface area contributed by atoms with Crippen molar-refractivity contribution in [3.05, 3.63) is 35.4 Å². The maximum absolute atomic E-state index is 11.7. The number of alkyl halides is 3. The minimum absolute atomic E-state index is 0.118. The molecular weight excluding hydrogens is 221 g/mol. The van der Waals surface area contributed by atoms with E-state index in [4.69, 9.17) is 0 Å². The molecule has 0 aliphatic heterocycles. The van der Waals surface area contributed by atoms with Crippen molar-refractivity contribution < 1.29 is 13.2 Å². The highest BCUT2D eigenvalue weighted by Crippen LogP contribution is 2.29. The van der Waals surface area contributed by atoms with Gasteiger partial charge in [-0.15, -0.1) is 0 Å². The third-order valence-electron chi connectivity index (χ3n) is 1.59. The van der Waals surface area contributed by atoms with E-state index in [1.54, 1.807) is 12.1 Å². The number of benzene rings is 1. The summed E-state index contributed by atoms with van der Waals surface area (Å²) in [4.78, 5) is 0. The topological polar surface area (TPSA) is 0 Å². The van der Waals surface area contributed by atoms with E-state index >= 15 is 0 Å². The molecule has 0 N–H and O–H groups in total. The maximum atomic E-state index is 11.7. The molecule has 0 radical (unpaired) electrons. The molecule has 0 unspecified atom stereocenters. The molecule has 80 valence electrons. The van der Waals surface area contributed by atoms with Crippen LogP contribution in [0.1, 0.15) is 11.1 Å². The Morgan fingerprint density at radius 2 is 1.80 bits per heavy atom. The fraction of sp³-hybridized carbons (Fsp3) is 0.273. The smallest absolute Gasteiger partial charge is 0.160 e. The van der Waals surface area contributed by atoms with Gasteiger partial charge in [0.1, 0.15) is 0 Å². The van der Waals surface area contributed by atoms with Crippen LogP contribution in [0, 0.1) is 18.8 Å². The fourth-order valence-corrected chi connectivity index (χ4v) is 1.20. The average molecular weight is 230 g/mol. The Balaban J connectivity index is 2.48. The van der Waals surface area contributed by atoms with Gasteiger partial charge in [0.25, 0.3) is 0 Å². The lowest BCUT2D eigenvalue weighted by molar-refractivity contribution is -0.0325. The molecule has 0 saturated carbocycles. The molecule has 0 heterocycles. The molecule has 0 aromatic heterocycles. The van der Waals surface area contributed by atoms with Crippen molar-refractivity contribution in [3.63, 3.8) is 0 Å². The lowest BCUT2D eigenvalue weighted by atomic mass is 10.2. The van der Waals surface area contributed by atoms with Crippen LogP contribution in [0.4, 0.5) is 13.2 Å². The first-order chi connectivity index (χ1) is 6.97. The molecule has 0 aliphatic rings. The summed E-state index contributed by atoms with van der Waals surface area (Å²) in [7, 11) is 0. The zero-order valence-corrected chi connectivity index (χ0v) is 8.88. The first kappa shape index (κ1) is 12.0. The number of rotatable bonds is 1. The van der Waals surface area contributed by atoms with Gasteiger partial charge in [0.15, 0.2) is 0 Å². The maximum Gasteiger partial charge on any atom is 0.442 e. The van der Waals surface area contributed by atoms with Gasteiger partial charge in [-0.05, 0) is 30.8 Å². The van der Waals surface area contributed by atoms with Gasteiger partial charge in [-0.1, -0.05) is 29.5 Å². The van der Waals surface area contributed by atoms with Gasteiger partial charge in [0.2, 0.25) is 0 Å². The minimum Gasteiger partial charge on any atom is -0.160 e. The number of thioether (sulfide) groups is 1. The molecule has 1 aromatic carbocycles. The van der Waals surface area contributed by atoms with E-state index in [9.17, 15) is 13.2 Å². The summed E-state index contributed by atoms with van der Waals surface area (Å²) in [5.41, 5.74) is -2.35. The summed E-state index contributed by atoms with van der Waals surface area (Å²) in [5.74, 6) is 4.92. The monoisotopic (exact) mass is 230 g/mol.